The Kier molecular flexibility index (Phi) is 15.3. The van der Waals surface area contributed by atoms with E-state index in [-0.39, 0.29) is 23.5 Å². The summed E-state index contributed by atoms with van der Waals surface area (Å²) >= 11 is 0. The minimum atomic E-state index is -3.69. The van der Waals surface area contributed by atoms with E-state index >= 15 is 0 Å². The van der Waals surface area contributed by atoms with Crippen molar-refractivity contribution in [2.24, 2.45) is 5.92 Å². The molecule has 0 saturated carbocycles. The Morgan fingerprint density at radius 1 is 0.771 bits per heavy atom. The summed E-state index contributed by atoms with van der Waals surface area (Å²) in [6.07, 6.45) is 15.0. The molecular formula is C29H52N2O3S. The van der Waals surface area contributed by atoms with Gasteiger partial charge in [-0.25, -0.2) is 17.9 Å². The van der Waals surface area contributed by atoms with Crippen molar-refractivity contribution in [3.05, 3.63) is 29.3 Å². The van der Waals surface area contributed by atoms with Crippen LogP contribution in [0.5, 0.6) is 0 Å². The molecule has 0 radical (unpaired) electrons. The number of benzene rings is 1. The van der Waals surface area contributed by atoms with E-state index in [0.29, 0.717) is 0 Å². The third kappa shape index (κ3) is 13.4. The first kappa shape index (κ1) is 31.5. The molecule has 0 bridgehead atoms. The highest BCUT2D eigenvalue weighted by Crippen LogP contribution is 2.32. The van der Waals surface area contributed by atoms with Crippen LogP contribution >= 0.6 is 0 Å². The molecule has 202 valence electrons. The topological polar surface area (TPSA) is 75.3 Å². The summed E-state index contributed by atoms with van der Waals surface area (Å²) in [7, 11) is -3.69. The number of urea groups is 1. The van der Waals surface area contributed by atoms with Gasteiger partial charge in [0.15, 0.2) is 0 Å². The van der Waals surface area contributed by atoms with E-state index in [1.807, 2.05) is 25.1 Å². The summed E-state index contributed by atoms with van der Waals surface area (Å²) in [6.45, 7) is 12.5. The smallest absolute Gasteiger partial charge is 0.307 e. The van der Waals surface area contributed by atoms with Crippen LogP contribution in [0.4, 0.5) is 10.5 Å². The van der Waals surface area contributed by atoms with Gasteiger partial charge in [0, 0.05) is 5.69 Å². The van der Waals surface area contributed by atoms with E-state index in [2.05, 4.69) is 44.7 Å². The van der Waals surface area contributed by atoms with Crippen molar-refractivity contribution in [3.8, 4) is 0 Å². The number of hydrogen-bond donors (Lipinski definition) is 2. The van der Waals surface area contributed by atoms with Crippen LogP contribution in [0.3, 0.4) is 0 Å². The van der Waals surface area contributed by atoms with Gasteiger partial charge in [-0.15, -0.1) is 0 Å². The summed E-state index contributed by atoms with van der Waals surface area (Å²) in [4.78, 5) is 12.6. The number of nitrogens with one attached hydrogen (secondary N) is 2. The van der Waals surface area contributed by atoms with Crippen molar-refractivity contribution in [1.82, 2.24) is 4.72 Å². The minimum absolute atomic E-state index is 0.0213. The Bertz CT molecular complexity index is 808. The first-order valence-electron chi connectivity index (χ1n) is 14.0. The van der Waals surface area contributed by atoms with Crippen molar-refractivity contribution in [3.63, 3.8) is 0 Å². The fourth-order valence-electron chi connectivity index (χ4n) is 4.63. The van der Waals surface area contributed by atoms with Gasteiger partial charge in [0.1, 0.15) is 0 Å². The Balaban J connectivity index is 2.39. The maximum atomic E-state index is 12.6. The van der Waals surface area contributed by atoms with E-state index < -0.39 is 16.1 Å². The van der Waals surface area contributed by atoms with E-state index in [1.165, 1.54) is 57.8 Å². The maximum Gasteiger partial charge on any atom is 0.332 e. The molecule has 0 fully saturated rings. The lowest BCUT2D eigenvalue weighted by Gasteiger charge is -2.20. The molecule has 6 heteroatoms. The number of sulfonamides is 1. The Labute approximate surface area is 216 Å². The largest absolute Gasteiger partial charge is 0.332 e. The van der Waals surface area contributed by atoms with Crippen molar-refractivity contribution in [2.45, 2.75) is 130 Å². The van der Waals surface area contributed by atoms with Gasteiger partial charge in [-0.05, 0) is 35.3 Å². The Morgan fingerprint density at radius 3 is 1.69 bits per heavy atom. The minimum Gasteiger partial charge on any atom is -0.307 e. The predicted octanol–water partition coefficient (Wildman–Crippen LogP) is 8.72. The lowest BCUT2D eigenvalue weighted by atomic mass is 9.93. The quantitative estimate of drug-likeness (QED) is 0.195. The zero-order chi connectivity index (χ0) is 26.3. The van der Waals surface area contributed by atoms with Gasteiger partial charge in [-0.2, -0.15) is 0 Å². The van der Waals surface area contributed by atoms with Crippen molar-refractivity contribution >= 4 is 21.7 Å². The fraction of sp³-hybridized carbons (Fsp3) is 0.759. The van der Waals surface area contributed by atoms with Crippen LogP contribution < -0.4 is 10.0 Å². The number of anilines is 1. The molecule has 1 rings (SSSR count). The standard InChI is InChI=1S/C29H52N2O3S/c1-7-8-9-10-11-12-13-14-15-16-17-19-25(6)22-35(33,34)31-29(32)30-28-26(23(2)3)20-18-21-27(28)24(4)5/h18,20-21,23-25H,7-17,19,22H2,1-6H3,(H2,30,31,32). The second-order valence-corrected chi connectivity index (χ2v) is 12.7. The summed E-state index contributed by atoms with van der Waals surface area (Å²) in [5.74, 6) is 0.423. The molecule has 0 spiro atoms. The molecule has 5 nitrogen and oxygen atoms in total. The average molecular weight is 509 g/mol. The van der Waals surface area contributed by atoms with Crippen LogP contribution in [0, 0.1) is 5.92 Å². The summed E-state index contributed by atoms with van der Waals surface area (Å²) in [5.41, 5.74) is 2.74. The average Bonchev–Trinajstić information content (AvgIpc) is 2.76. The van der Waals surface area contributed by atoms with Crippen molar-refractivity contribution in [1.29, 1.82) is 0 Å². The number of amides is 2. The van der Waals surface area contributed by atoms with Crippen LogP contribution in [0.25, 0.3) is 0 Å². The van der Waals surface area contributed by atoms with Gasteiger partial charge in [-0.1, -0.05) is 130 Å². The molecule has 0 aliphatic carbocycles. The van der Waals surface area contributed by atoms with Gasteiger partial charge < -0.3 is 5.32 Å². The summed E-state index contributed by atoms with van der Waals surface area (Å²) in [5, 5.41) is 2.83. The molecule has 2 N–H and O–H groups in total. The van der Waals surface area contributed by atoms with Crippen LogP contribution in [0.1, 0.15) is 142 Å². The molecule has 2 amide bonds. The second kappa shape index (κ2) is 17.0. The first-order valence-corrected chi connectivity index (χ1v) is 15.7. The molecule has 0 aliphatic heterocycles. The molecule has 0 saturated heterocycles. The molecule has 0 heterocycles. The number of unbranched alkanes of at least 4 members (excludes halogenated alkanes) is 10. The number of hydrogen-bond acceptors (Lipinski definition) is 3. The van der Waals surface area contributed by atoms with Crippen molar-refractivity contribution in [2.75, 3.05) is 11.1 Å². The number of para-hydroxylation sites is 1. The number of rotatable bonds is 18. The van der Waals surface area contributed by atoms with Crippen LogP contribution in [-0.2, 0) is 10.0 Å². The Morgan fingerprint density at radius 2 is 1.23 bits per heavy atom. The summed E-state index contributed by atoms with van der Waals surface area (Å²) in [6, 6.07) is 5.27. The lowest BCUT2D eigenvalue weighted by Crippen LogP contribution is -2.37. The van der Waals surface area contributed by atoms with E-state index in [9.17, 15) is 13.2 Å². The zero-order valence-corrected chi connectivity index (χ0v) is 24.1. The summed E-state index contributed by atoms with van der Waals surface area (Å²) < 4.78 is 27.5. The van der Waals surface area contributed by atoms with Crippen LogP contribution in [0.15, 0.2) is 18.2 Å². The highest BCUT2D eigenvalue weighted by atomic mass is 32.2. The SMILES string of the molecule is CCCCCCCCCCCCCC(C)CS(=O)(=O)NC(=O)Nc1c(C(C)C)cccc1C(C)C. The van der Waals surface area contributed by atoms with E-state index in [4.69, 9.17) is 0 Å². The van der Waals surface area contributed by atoms with Gasteiger partial charge >= 0.3 is 6.03 Å². The van der Waals surface area contributed by atoms with E-state index in [0.717, 1.165) is 36.1 Å². The monoisotopic (exact) mass is 508 g/mol. The normalized spacial score (nSPS) is 12.8. The molecule has 1 unspecified atom stereocenters. The molecule has 35 heavy (non-hydrogen) atoms. The van der Waals surface area contributed by atoms with Gasteiger partial charge in [-0.3, -0.25) is 0 Å². The zero-order valence-electron chi connectivity index (χ0n) is 23.3. The molecule has 1 aromatic carbocycles. The number of carbonyl (C=O) groups excluding carboxylic acids is 1. The molecular weight excluding hydrogens is 456 g/mol. The number of carbonyl (C=O) groups is 1. The fourth-order valence-corrected chi connectivity index (χ4v) is 5.96. The third-order valence-corrected chi connectivity index (χ3v) is 8.17. The van der Waals surface area contributed by atoms with Gasteiger partial charge in [0.05, 0.1) is 5.75 Å². The van der Waals surface area contributed by atoms with Crippen LogP contribution in [0.2, 0.25) is 0 Å². The molecule has 0 aliphatic rings. The highest BCUT2D eigenvalue weighted by Gasteiger charge is 2.21. The Hall–Kier alpha value is -1.56. The maximum absolute atomic E-state index is 12.6. The van der Waals surface area contributed by atoms with E-state index in [1.54, 1.807) is 0 Å². The van der Waals surface area contributed by atoms with Gasteiger partial charge in [0.2, 0.25) is 10.0 Å². The van der Waals surface area contributed by atoms with Crippen molar-refractivity contribution < 1.29 is 13.2 Å². The first-order chi connectivity index (χ1) is 16.6. The molecule has 1 aromatic rings. The molecule has 0 aromatic heterocycles. The third-order valence-electron chi connectivity index (χ3n) is 6.66. The van der Waals surface area contributed by atoms with Gasteiger partial charge in [0.25, 0.3) is 0 Å². The predicted molar refractivity (Wildman–Crippen MR) is 151 cm³/mol. The highest BCUT2D eigenvalue weighted by molar-refractivity contribution is 7.90. The lowest BCUT2D eigenvalue weighted by molar-refractivity contribution is 0.256. The van der Waals surface area contributed by atoms with Crippen LogP contribution in [-0.4, -0.2) is 20.2 Å². The second-order valence-electron chi connectivity index (χ2n) is 10.9. The molecule has 1 atom stereocenters.